The number of aryl methyl sites for hydroxylation is 1. The summed E-state index contributed by atoms with van der Waals surface area (Å²) in [6.45, 7) is 8.79. The highest BCUT2D eigenvalue weighted by atomic mass is 32.1. The van der Waals surface area contributed by atoms with Crippen molar-refractivity contribution in [1.82, 2.24) is 20.3 Å². The van der Waals surface area contributed by atoms with Crippen LogP contribution in [-0.4, -0.2) is 22.0 Å². The molecule has 3 heterocycles. The minimum absolute atomic E-state index is 0.490. The molecule has 2 aromatic rings. The van der Waals surface area contributed by atoms with Crippen molar-refractivity contribution >= 4 is 17.2 Å². The van der Waals surface area contributed by atoms with Gasteiger partial charge in [0.1, 0.15) is 11.6 Å². The maximum absolute atomic E-state index is 4.71. The summed E-state index contributed by atoms with van der Waals surface area (Å²) in [6, 6.07) is 0. The summed E-state index contributed by atoms with van der Waals surface area (Å²) < 4.78 is 0. The van der Waals surface area contributed by atoms with Gasteiger partial charge in [-0.25, -0.2) is 15.0 Å². The third kappa shape index (κ3) is 2.91. The Labute approximate surface area is 129 Å². The first-order chi connectivity index (χ1) is 10.0. The van der Waals surface area contributed by atoms with E-state index in [0.29, 0.717) is 5.92 Å². The van der Waals surface area contributed by atoms with Crippen molar-refractivity contribution in [2.75, 3.05) is 11.9 Å². The summed E-state index contributed by atoms with van der Waals surface area (Å²) in [4.78, 5) is 16.0. The number of hydrogen-bond donors (Lipinski definition) is 1. The molecule has 1 aliphatic rings. The van der Waals surface area contributed by atoms with Crippen molar-refractivity contribution in [3.8, 4) is 0 Å². The van der Waals surface area contributed by atoms with E-state index >= 15 is 0 Å². The zero-order chi connectivity index (χ0) is 15.0. The van der Waals surface area contributed by atoms with Crippen molar-refractivity contribution in [3.05, 3.63) is 33.2 Å². The quantitative estimate of drug-likeness (QED) is 0.941. The molecule has 0 saturated carbocycles. The highest BCUT2D eigenvalue weighted by Gasteiger charge is 2.20. The summed E-state index contributed by atoms with van der Waals surface area (Å²) in [5, 5.41) is 6.70. The number of rotatable bonds is 4. The van der Waals surface area contributed by atoms with Crippen LogP contribution < -0.4 is 10.2 Å². The largest absolute Gasteiger partial charge is 0.353 e. The van der Waals surface area contributed by atoms with E-state index in [1.807, 2.05) is 6.92 Å². The van der Waals surface area contributed by atoms with Gasteiger partial charge in [0.05, 0.1) is 22.9 Å². The molecule has 0 aliphatic carbocycles. The average molecular weight is 303 g/mol. The SMILES string of the molecule is Cc1nc2c(c(N(C)Cc3csc(C(C)C)n3)n1)CNC2. The van der Waals surface area contributed by atoms with Gasteiger partial charge in [-0.1, -0.05) is 13.8 Å². The molecule has 21 heavy (non-hydrogen) atoms. The maximum Gasteiger partial charge on any atom is 0.137 e. The lowest BCUT2D eigenvalue weighted by Gasteiger charge is -2.20. The molecule has 0 radical (unpaired) electrons. The van der Waals surface area contributed by atoms with Gasteiger partial charge in [-0.15, -0.1) is 11.3 Å². The number of hydrogen-bond acceptors (Lipinski definition) is 6. The van der Waals surface area contributed by atoms with Crippen LogP contribution in [0.1, 0.15) is 47.5 Å². The minimum atomic E-state index is 0.490. The van der Waals surface area contributed by atoms with E-state index in [4.69, 9.17) is 4.98 Å². The second kappa shape index (κ2) is 5.69. The second-order valence-electron chi connectivity index (χ2n) is 5.81. The summed E-state index contributed by atoms with van der Waals surface area (Å²) in [5.41, 5.74) is 3.47. The molecule has 112 valence electrons. The molecular formula is C15H21N5S. The van der Waals surface area contributed by atoms with E-state index in [1.165, 1.54) is 10.6 Å². The van der Waals surface area contributed by atoms with Gasteiger partial charge in [0.15, 0.2) is 0 Å². The molecule has 1 aliphatic heterocycles. The standard InChI is InChI=1S/C15H21N5S/c1-9(2)15-19-11(8-21-15)7-20(4)14-12-5-16-6-13(12)17-10(3)18-14/h8-9,16H,5-7H2,1-4H3. The lowest BCUT2D eigenvalue weighted by Crippen LogP contribution is -2.21. The molecule has 0 aromatic carbocycles. The summed E-state index contributed by atoms with van der Waals surface area (Å²) in [5.74, 6) is 2.35. The normalized spacial score (nSPS) is 13.8. The van der Waals surface area contributed by atoms with E-state index in [-0.39, 0.29) is 0 Å². The molecule has 1 N–H and O–H groups in total. The molecule has 0 unspecified atom stereocenters. The molecule has 0 atom stereocenters. The third-order valence-corrected chi connectivity index (χ3v) is 4.80. The number of nitrogens with one attached hydrogen (secondary N) is 1. The van der Waals surface area contributed by atoms with Gasteiger partial charge < -0.3 is 10.2 Å². The van der Waals surface area contributed by atoms with E-state index in [9.17, 15) is 0 Å². The van der Waals surface area contributed by atoms with Crippen molar-refractivity contribution in [3.63, 3.8) is 0 Å². The topological polar surface area (TPSA) is 53.9 Å². The Balaban J connectivity index is 1.83. The third-order valence-electron chi connectivity index (χ3n) is 3.60. The highest BCUT2D eigenvalue weighted by molar-refractivity contribution is 7.09. The maximum atomic E-state index is 4.71. The second-order valence-corrected chi connectivity index (χ2v) is 6.70. The number of nitrogens with zero attached hydrogens (tertiary/aromatic N) is 4. The minimum Gasteiger partial charge on any atom is -0.353 e. The smallest absolute Gasteiger partial charge is 0.137 e. The van der Waals surface area contributed by atoms with Crippen LogP contribution in [-0.2, 0) is 19.6 Å². The first kappa shape index (κ1) is 14.4. The molecule has 3 rings (SSSR count). The Kier molecular flexibility index (Phi) is 3.91. The Morgan fingerprint density at radius 1 is 1.29 bits per heavy atom. The molecule has 0 fully saturated rings. The predicted octanol–water partition coefficient (Wildman–Crippen LogP) is 2.60. The Hall–Kier alpha value is -1.53. The molecule has 0 bridgehead atoms. The number of aromatic nitrogens is 3. The van der Waals surface area contributed by atoms with Gasteiger partial charge >= 0.3 is 0 Å². The van der Waals surface area contributed by atoms with Crippen molar-refractivity contribution < 1.29 is 0 Å². The van der Waals surface area contributed by atoms with Gasteiger partial charge in [0, 0.05) is 37.0 Å². The Bertz CT molecular complexity index is 650. The van der Waals surface area contributed by atoms with Gasteiger partial charge in [0.2, 0.25) is 0 Å². The summed E-state index contributed by atoms with van der Waals surface area (Å²) >= 11 is 1.74. The summed E-state index contributed by atoms with van der Waals surface area (Å²) in [7, 11) is 2.08. The number of anilines is 1. The van der Waals surface area contributed by atoms with E-state index in [2.05, 4.69) is 46.5 Å². The molecule has 0 spiro atoms. The van der Waals surface area contributed by atoms with Crippen LogP contribution in [0.2, 0.25) is 0 Å². The van der Waals surface area contributed by atoms with Gasteiger partial charge in [-0.05, 0) is 6.92 Å². The van der Waals surface area contributed by atoms with Crippen LogP contribution in [0.4, 0.5) is 5.82 Å². The average Bonchev–Trinajstić information content (AvgIpc) is 3.06. The van der Waals surface area contributed by atoms with Crippen molar-refractivity contribution in [2.45, 2.75) is 46.3 Å². The molecule has 2 aromatic heterocycles. The Morgan fingerprint density at radius 2 is 2.10 bits per heavy atom. The van der Waals surface area contributed by atoms with Crippen LogP contribution in [0.15, 0.2) is 5.38 Å². The summed E-state index contributed by atoms with van der Waals surface area (Å²) in [6.07, 6.45) is 0. The molecule has 0 saturated heterocycles. The van der Waals surface area contributed by atoms with Crippen LogP contribution >= 0.6 is 11.3 Å². The van der Waals surface area contributed by atoms with Gasteiger partial charge in [-0.2, -0.15) is 0 Å². The van der Waals surface area contributed by atoms with Crippen molar-refractivity contribution in [1.29, 1.82) is 0 Å². The predicted molar refractivity (Wildman–Crippen MR) is 85.6 cm³/mol. The molecule has 6 heteroatoms. The molecule has 5 nitrogen and oxygen atoms in total. The molecule has 0 amide bonds. The number of thiazole rings is 1. The number of fused-ring (bicyclic) bond motifs is 1. The highest BCUT2D eigenvalue weighted by Crippen LogP contribution is 2.26. The van der Waals surface area contributed by atoms with Crippen LogP contribution in [0.25, 0.3) is 0 Å². The van der Waals surface area contributed by atoms with E-state index in [0.717, 1.165) is 42.7 Å². The lowest BCUT2D eigenvalue weighted by molar-refractivity contribution is 0.755. The van der Waals surface area contributed by atoms with E-state index in [1.54, 1.807) is 11.3 Å². The Morgan fingerprint density at radius 3 is 2.81 bits per heavy atom. The van der Waals surface area contributed by atoms with Crippen LogP contribution in [0, 0.1) is 6.92 Å². The van der Waals surface area contributed by atoms with Crippen molar-refractivity contribution in [2.24, 2.45) is 0 Å². The first-order valence-electron chi connectivity index (χ1n) is 7.27. The van der Waals surface area contributed by atoms with Gasteiger partial charge in [0.25, 0.3) is 0 Å². The fraction of sp³-hybridized carbons (Fsp3) is 0.533. The fourth-order valence-corrected chi connectivity index (χ4v) is 3.39. The lowest BCUT2D eigenvalue weighted by atomic mass is 10.2. The van der Waals surface area contributed by atoms with Crippen LogP contribution in [0.3, 0.4) is 0 Å². The van der Waals surface area contributed by atoms with Gasteiger partial charge in [-0.3, -0.25) is 0 Å². The molecular weight excluding hydrogens is 282 g/mol. The zero-order valence-corrected chi connectivity index (χ0v) is 13.8. The van der Waals surface area contributed by atoms with E-state index < -0.39 is 0 Å². The first-order valence-corrected chi connectivity index (χ1v) is 8.15. The van der Waals surface area contributed by atoms with Crippen LogP contribution in [0.5, 0.6) is 0 Å². The zero-order valence-electron chi connectivity index (χ0n) is 13.0. The fourth-order valence-electron chi connectivity index (χ4n) is 2.56. The monoisotopic (exact) mass is 303 g/mol.